The molecule has 10 heteroatoms. The smallest absolute Gasteiger partial charge is 0.271 e. The van der Waals surface area contributed by atoms with Gasteiger partial charge >= 0.3 is 0 Å². The summed E-state index contributed by atoms with van der Waals surface area (Å²) in [7, 11) is 1.49. The van der Waals surface area contributed by atoms with E-state index in [4.69, 9.17) is 10.6 Å². The number of H-pyrrole nitrogens is 1. The molecule has 2 aliphatic rings. The summed E-state index contributed by atoms with van der Waals surface area (Å²) in [6.45, 7) is 1.52. The van der Waals surface area contributed by atoms with Gasteiger partial charge in [0.1, 0.15) is 23.1 Å². The van der Waals surface area contributed by atoms with Gasteiger partial charge in [0.05, 0.1) is 23.5 Å². The van der Waals surface area contributed by atoms with Gasteiger partial charge in [-0.05, 0) is 49.5 Å². The highest BCUT2D eigenvalue weighted by molar-refractivity contribution is 7.12. The average Bonchev–Trinajstić information content (AvgIpc) is 3.37. The second-order valence-electron chi connectivity index (χ2n) is 7.88. The maximum atomic E-state index is 15.2. The number of anilines is 1. The van der Waals surface area contributed by atoms with Crippen molar-refractivity contribution in [2.75, 3.05) is 31.6 Å². The monoisotopic (exact) mass is 431 g/mol. The van der Waals surface area contributed by atoms with Gasteiger partial charge in [-0.2, -0.15) is 0 Å². The first-order chi connectivity index (χ1) is 14.5. The van der Waals surface area contributed by atoms with Gasteiger partial charge in [-0.15, -0.1) is 0 Å². The van der Waals surface area contributed by atoms with Crippen molar-refractivity contribution in [3.63, 3.8) is 0 Å². The van der Waals surface area contributed by atoms with Gasteiger partial charge in [0.25, 0.3) is 5.56 Å². The predicted molar refractivity (Wildman–Crippen MR) is 116 cm³/mol. The third-order valence-electron chi connectivity index (χ3n) is 5.94. The van der Waals surface area contributed by atoms with Crippen molar-refractivity contribution in [1.82, 2.24) is 8.94 Å². The van der Waals surface area contributed by atoms with Crippen LogP contribution in [0.2, 0.25) is 0 Å². The summed E-state index contributed by atoms with van der Waals surface area (Å²) >= 11 is 1.16. The molecular weight excluding hydrogens is 409 g/mol. The van der Waals surface area contributed by atoms with E-state index >= 15 is 4.39 Å². The Balaban J connectivity index is 1.70. The first-order valence-corrected chi connectivity index (χ1v) is 10.8. The molecule has 3 heterocycles. The largest absolute Gasteiger partial charge is 0.399 e. The van der Waals surface area contributed by atoms with Gasteiger partial charge in [0, 0.05) is 23.9 Å². The van der Waals surface area contributed by atoms with Crippen molar-refractivity contribution in [1.29, 1.82) is 0 Å². The quantitative estimate of drug-likeness (QED) is 0.603. The number of oxime groups is 1. The normalized spacial score (nSPS) is 20.7. The molecule has 158 valence electrons. The standard InChI is InChI=1S/C20H22FN5O3S/c1-29-23-14-9-25(8-10(14)4-5-22)16-7-15-12(6-13(16)21)18(27)17-19(28)24-30-20(17)26(15)11-2-3-11/h6-7,10-11H,2-5,8-9,22H2,1H3,(H,24,28)/b23-14+. The minimum Gasteiger partial charge on any atom is -0.399 e. The molecule has 1 aliphatic carbocycles. The number of halogens is 1. The molecule has 1 aromatic carbocycles. The molecule has 0 radical (unpaired) electrons. The SMILES string of the molecule is CO/N=C1\CN(c2cc3c(cc2F)c(=O)c2c(=O)[nH]sc2n3C2CC2)CC1CCN. The van der Waals surface area contributed by atoms with Gasteiger partial charge in [0.2, 0.25) is 5.43 Å². The number of fused-ring (bicyclic) bond motifs is 2. The lowest BCUT2D eigenvalue weighted by Gasteiger charge is -2.21. The van der Waals surface area contributed by atoms with Gasteiger partial charge in [-0.25, -0.2) is 4.39 Å². The van der Waals surface area contributed by atoms with Gasteiger partial charge in [0.15, 0.2) is 0 Å². The highest BCUT2D eigenvalue weighted by Gasteiger charge is 2.33. The number of aromatic nitrogens is 2. The highest BCUT2D eigenvalue weighted by Crippen LogP contribution is 2.41. The number of nitrogens with one attached hydrogen (secondary N) is 1. The van der Waals surface area contributed by atoms with E-state index < -0.39 is 16.8 Å². The Labute approximate surface area is 174 Å². The molecule has 0 bridgehead atoms. The zero-order valence-electron chi connectivity index (χ0n) is 16.5. The zero-order valence-corrected chi connectivity index (χ0v) is 17.3. The second-order valence-corrected chi connectivity index (χ2v) is 8.68. The number of pyridine rings is 1. The molecule has 1 unspecified atom stereocenters. The molecule has 2 aromatic heterocycles. The predicted octanol–water partition coefficient (Wildman–Crippen LogP) is 2.17. The number of benzene rings is 1. The fraction of sp³-hybridized carbons (Fsp3) is 0.450. The van der Waals surface area contributed by atoms with E-state index in [1.807, 2.05) is 9.47 Å². The van der Waals surface area contributed by atoms with Crippen LogP contribution in [0.5, 0.6) is 0 Å². The number of nitrogens with zero attached hydrogens (tertiary/aromatic N) is 3. The Morgan fingerprint density at radius 1 is 1.37 bits per heavy atom. The van der Waals surface area contributed by atoms with Crippen LogP contribution >= 0.6 is 11.5 Å². The van der Waals surface area contributed by atoms with Crippen LogP contribution in [0.3, 0.4) is 0 Å². The van der Waals surface area contributed by atoms with E-state index in [0.29, 0.717) is 35.7 Å². The van der Waals surface area contributed by atoms with Crippen molar-refractivity contribution in [3.8, 4) is 0 Å². The van der Waals surface area contributed by atoms with Crippen LogP contribution in [0.15, 0.2) is 26.9 Å². The number of hydrogen-bond acceptors (Lipinski definition) is 7. The van der Waals surface area contributed by atoms with Gasteiger partial charge in [-0.3, -0.25) is 14.0 Å². The molecule has 30 heavy (non-hydrogen) atoms. The number of rotatable bonds is 5. The van der Waals surface area contributed by atoms with Gasteiger partial charge < -0.3 is 20.0 Å². The molecule has 3 aromatic rings. The fourth-order valence-corrected chi connectivity index (χ4v) is 5.33. The molecule has 1 saturated carbocycles. The Morgan fingerprint density at radius 3 is 2.87 bits per heavy atom. The molecule has 1 aliphatic heterocycles. The highest BCUT2D eigenvalue weighted by atomic mass is 32.1. The third kappa shape index (κ3) is 2.93. The molecule has 0 amide bonds. The third-order valence-corrected chi connectivity index (χ3v) is 6.82. The average molecular weight is 431 g/mol. The molecule has 2 fully saturated rings. The summed E-state index contributed by atoms with van der Waals surface area (Å²) in [5.74, 6) is -0.397. The second kappa shape index (κ2) is 7.21. The van der Waals surface area contributed by atoms with Crippen LogP contribution in [-0.2, 0) is 4.84 Å². The number of hydrogen-bond donors (Lipinski definition) is 2. The van der Waals surface area contributed by atoms with E-state index in [-0.39, 0.29) is 22.7 Å². The minimum absolute atomic E-state index is 0.0908. The lowest BCUT2D eigenvalue weighted by atomic mass is 10.0. The van der Waals surface area contributed by atoms with Crippen LogP contribution in [0.1, 0.15) is 25.3 Å². The lowest BCUT2D eigenvalue weighted by Crippen LogP contribution is -2.22. The van der Waals surface area contributed by atoms with Crippen LogP contribution in [0, 0.1) is 11.7 Å². The van der Waals surface area contributed by atoms with Gasteiger partial charge in [-0.1, -0.05) is 5.16 Å². The number of aromatic amines is 1. The zero-order chi connectivity index (χ0) is 21.0. The van der Waals surface area contributed by atoms with Crippen molar-refractivity contribution in [2.45, 2.75) is 25.3 Å². The Morgan fingerprint density at radius 2 is 2.17 bits per heavy atom. The molecular formula is C20H22FN5O3S. The summed E-state index contributed by atoms with van der Waals surface area (Å²) in [5, 5.41) is 4.46. The van der Waals surface area contributed by atoms with E-state index in [0.717, 1.165) is 36.5 Å². The van der Waals surface area contributed by atoms with Crippen molar-refractivity contribution < 1.29 is 9.23 Å². The fourth-order valence-electron chi connectivity index (χ4n) is 4.40. The summed E-state index contributed by atoms with van der Waals surface area (Å²) < 4.78 is 19.9. The molecule has 5 rings (SSSR count). The summed E-state index contributed by atoms with van der Waals surface area (Å²) in [4.78, 5) is 32.7. The van der Waals surface area contributed by atoms with Crippen molar-refractivity contribution in [2.24, 2.45) is 16.8 Å². The Bertz CT molecular complexity index is 1290. The molecule has 8 nitrogen and oxygen atoms in total. The van der Waals surface area contributed by atoms with Crippen LogP contribution < -0.4 is 21.6 Å². The van der Waals surface area contributed by atoms with Crippen molar-refractivity contribution >= 4 is 44.1 Å². The molecule has 0 spiro atoms. The topological polar surface area (TPSA) is 106 Å². The Hall–Kier alpha value is -2.72. The minimum atomic E-state index is -0.488. The lowest BCUT2D eigenvalue weighted by molar-refractivity contribution is 0.211. The summed E-state index contributed by atoms with van der Waals surface area (Å²) in [6.07, 6.45) is 2.68. The maximum Gasteiger partial charge on any atom is 0.271 e. The molecule has 1 atom stereocenters. The van der Waals surface area contributed by atoms with E-state index in [1.165, 1.54) is 13.2 Å². The maximum absolute atomic E-state index is 15.2. The van der Waals surface area contributed by atoms with E-state index in [9.17, 15) is 9.59 Å². The van der Waals surface area contributed by atoms with Crippen LogP contribution in [-0.4, -0.2) is 41.4 Å². The first kappa shape index (κ1) is 19.3. The molecule has 3 N–H and O–H groups in total. The summed E-state index contributed by atoms with van der Waals surface area (Å²) in [6, 6.07) is 3.23. The van der Waals surface area contributed by atoms with E-state index in [1.54, 1.807) is 6.07 Å². The molecule has 1 saturated heterocycles. The van der Waals surface area contributed by atoms with Crippen molar-refractivity contribution in [3.05, 3.63) is 38.5 Å². The Kier molecular flexibility index (Phi) is 4.62. The van der Waals surface area contributed by atoms with Crippen LogP contribution in [0.25, 0.3) is 21.1 Å². The van der Waals surface area contributed by atoms with E-state index in [2.05, 4.69) is 9.53 Å². The first-order valence-electron chi connectivity index (χ1n) is 9.97. The number of nitrogens with two attached hydrogens (primary N) is 1. The summed E-state index contributed by atoms with van der Waals surface area (Å²) in [5.41, 5.74) is 6.81. The van der Waals surface area contributed by atoms with Crippen LogP contribution in [0.4, 0.5) is 10.1 Å².